The van der Waals surface area contributed by atoms with E-state index in [1.165, 1.54) is 36.4 Å². The van der Waals surface area contributed by atoms with Gasteiger partial charge in [0.05, 0.1) is 22.3 Å². The molecule has 6 rings (SSSR count). The van der Waals surface area contributed by atoms with Gasteiger partial charge in [0.2, 0.25) is 0 Å². The van der Waals surface area contributed by atoms with Gasteiger partial charge in [-0.25, -0.2) is 19.6 Å². The highest BCUT2D eigenvalue weighted by molar-refractivity contribution is 6.25. The summed E-state index contributed by atoms with van der Waals surface area (Å²) in [5.41, 5.74) is 166. The summed E-state index contributed by atoms with van der Waals surface area (Å²) in [5.74, 6) is -8.99. The van der Waals surface area contributed by atoms with Crippen molar-refractivity contribution in [2.24, 2.45) is 0 Å². The number of amides is 8. The van der Waals surface area contributed by atoms with Gasteiger partial charge in [0.25, 0.3) is 47.3 Å². The van der Waals surface area contributed by atoms with Crippen LogP contribution in [0, 0.1) is 0 Å². The summed E-state index contributed by atoms with van der Waals surface area (Å²) < 4.78 is 5.99. The Morgan fingerprint density at radius 2 is 0.376 bits per heavy atom. The maximum atomic E-state index is 14.0. The minimum Gasteiger partial charge on any atom is -0.457 e. The number of nitrogens with zero attached hydrogens (tertiary/aromatic N) is 4. The molecule has 0 bridgehead atoms. The Kier molecular flexibility index (Phi) is 32.5. The Morgan fingerprint density at radius 3 is 0.560 bits per heavy atom. The van der Waals surface area contributed by atoms with E-state index in [1.807, 2.05) is 0 Å². The van der Waals surface area contributed by atoms with Crippen molar-refractivity contribution in [3.8, 4) is 11.5 Å². The van der Waals surface area contributed by atoms with Gasteiger partial charge in [-0.2, -0.15) is 0 Å². The molecular weight excluding hydrogens is 1350 g/mol. The molecule has 109 heavy (non-hydrogen) atoms. The highest BCUT2D eigenvalue weighted by Crippen LogP contribution is 2.35. The van der Waals surface area contributed by atoms with Gasteiger partial charge in [0.15, 0.2) is 11.6 Å². The van der Waals surface area contributed by atoms with Crippen molar-refractivity contribution in [1.29, 1.82) is 0 Å². The first-order valence-electron chi connectivity index (χ1n) is 28.7. The number of fused-ring (bicyclic) bond motifs is 2. The zero-order valence-electron chi connectivity index (χ0n) is 54.7. The molecule has 2 aromatic carbocycles. The third-order valence-corrected chi connectivity index (χ3v) is 10.8. The van der Waals surface area contributed by atoms with E-state index in [9.17, 15) is 38.4 Å². The maximum Gasteiger partial charge on any atom is 0.267 e. The molecular formula is C96H14N4O9. The molecule has 4 heterocycles. The first kappa shape index (κ1) is 76.8. The predicted octanol–water partition coefficient (Wildman–Crippen LogP) is 12.0. The van der Waals surface area contributed by atoms with Crippen LogP contribution in [-0.2, 0) is 19.2 Å². The molecule has 0 saturated carbocycles. The molecule has 0 aromatic heterocycles. The zero-order valence-corrected chi connectivity index (χ0v) is 54.7. The monoisotopic (exact) mass is 1370 g/mol. The fourth-order valence-corrected chi connectivity index (χ4v) is 6.87. The third-order valence-electron chi connectivity index (χ3n) is 10.8. The molecule has 472 valence electrons. The highest BCUT2D eigenvalue weighted by atomic mass is 16.5. The highest BCUT2D eigenvalue weighted by Gasteiger charge is 2.45. The SMILES string of the molecule is C=C=C=C=C=C=C=C=C=C=C=C=C=C=C=C=C=C=C=C=C=C=C=C=C=C=C=C=C=C=C=C=C=C=C=C(N1C(=O)C=CC1=O)N1C(=O)c2ccc(Oc3ccc4c(c3)C(=O)N(C(=C=C=C=C=C=C=C=C=C=C=C=C=C=C=C=C=C=C=C=C=C=C=C=C=C=C=C=C=C=C=C=C=C=C=C)N3C(=O)C=CC3=O)C4=O)cc2C1=O. The van der Waals surface area contributed by atoms with E-state index in [2.05, 4.69) is 403 Å². The molecule has 13 nitrogen and oxygen atoms in total. The first-order chi connectivity index (χ1) is 53.6. The number of ether oxygens (including phenoxy) is 1. The van der Waals surface area contributed by atoms with E-state index in [1.54, 1.807) is 0 Å². The van der Waals surface area contributed by atoms with Crippen LogP contribution in [0.15, 0.2) is 475 Å². The molecule has 0 spiro atoms. The average molecular weight is 1370 g/mol. The zero-order chi connectivity index (χ0) is 77.4. The standard InChI is InChI=1S/C96H14N4O9/c1-3-5-7-9-11-13-15-17-19-21-23-25-27-29-31-33-35-37-39-41-43-45-47-49-51-53-55-57-59-61-63-65-67-69-87(97-89(101)75-76-90(97)102)99-93(105)83-73-71-81(79-85(83)95(99)107)109-82-72-74-84-86(80-82)96(108)100(94(84)106)88(98-91(103)77-78-92(98)104)70-68-66-64-62-60-58-56-54-52-50-48-46-44-42-40-38-36-34-32-30-28-26-24-22-20-18-16-14-12-10-8-6-4-2/h71-80H,1-2H2. The molecule has 0 aliphatic carbocycles. The van der Waals surface area contributed by atoms with Crippen LogP contribution in [0.4, 0.5) is 0 Å². The quantitative estimate of drug-likeness (QED) is 0.203. The Morgan fingerprint density at radius 1 is 0.211 bits per heavy atom. The lowest BCUT2D eigenvalue weighted by atomic mass is 10.1. The number of carbonyl (C=O) groups is 8. The van der Waals surface area contributed by atoms with E-state index in [-0.39, 0.29) is 33.8 Å². The summed E-state index contributed by atoms with van der Waals surface area (Å²) in [5, 5.41) is 0. The van der Waals surface area contributed by atoms with Crippen molar-refractivity contribution in [3.63, 3.8) is 0 Å². The number of carbonyl (C=O) groups excluding carboxylic acids is 8. The van der Waals surface area contributed by atoms with Crippen LogP contribution in [-0.4, -0.2) is 66.9 Å². The van der Waals surface area contributed by atoms with E-state index < -0.39 is 58.9 Å². The van der Waals surface area contributed by atoms with Crippen molar-refractivity contribution in [2.75, 3.05) is 0 Å². The summed E-state index contributed by atoms with van der Waals surface area (Å²) in [4.78, 5) is 109. The molecule has 4 aliphatic rings. The molecule has 0 unspecified atom stereocenters. The third kappa shape index (κ3) is 26.7. The number of imide groups is 4. The second kappa shape index (κ2) is 46.0. The van der Waals surface area contributed by atoms with Crippen LogP contribution in [0.3, 0.4) is 0 Å². The molecule has 0 saturated heterocycles. The van der Waals surface area contributed by atoms with Crippen molar-refractivity contribution < 1.29 is 43.1 Å². The lowest BCUT2D eigenvalue weighted by molar-refractivity contribution is -0.137. The number of hydrogen-bond acceptors (Lipinski definition) is 9. The van der Waals surface area contributed by atoms with E-state index in [0.717, 1.165) is 24.3 Å². The van der Waals surface area contributed by atoms with Gasteiger partial charge in [0, 0.05) is 208 Å². The van der Waals surface area contributed by atoms with Gasteiger partial charge in [0.1, 0.15) is 11.5 Å². The smallest absolute Gasteiger partial charge is 0.267 e. The number of benzene rings is 2. The summed E-state index contributed by atoms with van der Waals surface area (Å²) in [7, 11) is 0. The van der Waals surface area contributed by atoms with Crippen LogP contribution >= 0.6 is 0 Å². The number of hydrogen-bond donors (Lipinski definition) is 0. The molecule has 2 aromatic rings. The van der Waals surface area contributed by atoms with Gasteiger partial charge in [-0.3, -0.25) is 38.4 Å². The van der Waals surface area contributed by atoms with Crippen LogP contribution in [0.25, 0.3) is 0 Å². The topological polar surface area (TPSA) is 159 Å². The minimum absolute atomic E-state index is 0.0559. The van der Waals surface area contributed by atoms with Crippen molar-refractivity contribution in [3.05, 3.63) is 497 Å². The molecule has 0 fully saturated rings. The Balaban J connectivity index is 1.22. The predicted molar refractivity (Wildman–Crippen MR) is 373 cm³/mol. The summed E-state index contributed by atoms with van der Waals surface area (Å²) in [6.07, 6.45) is 3.66. The lowest BCUT2D eigenvalue weighted by Gasteiger charge is -2.22. The molecule has 4 aliphatic heterocycles. The second-order valence-corrected chi connectivity index (χ2v) is 17.3. The molecule has 0 radical (unpaired) electrons. The fraction of sp³-hybridized carbons (Fsp3) is 0. The van der Waals surface area contributed by atoms with E-state index in [0.29, 0.717) is 19.6 Å². The fourth-order valence-electron chi connectivity index (χ4n) is 6.87. The largest absolute Gasteiger partial charge is 0.457 e. The molecule has 0 N–H and O–H groups in total. The van der Waals surface area contributed by atoms with Crippen LogP contribution in [0.2, 0.25) is 0 Å². The Hall–Kier alpha value is -21.2. The van der Waals surface area contributed by atoms with Gasteiger partial charge in [-0.05, 0) is 244 Å². The minimum atomic E-state index is -1.01. The van der Waals surface area contributed by atoms with Crippen LogP contribution < -0.4 is 4.74 Å². The molecule has 8 amide bonds. The molecule has 0 atom stereocenters. The normalized spacial score (nSPS) is 9.06. The van der Waals surface area contributed by atoms with Crippen LogP contribution in [0.5, 0.6) is 11.5 Å². The first-order valence-corrected chi connectivity index (χ1v) is 28.7. The van der Waals surface area contributed by atoms with Crippen molar-refractivity contribution in [1.82, 2.24) is 19.6 Å². The van der Waals surface area contributed by atoms with Crippen LogP contribution in [0.1, 0.15) is 41.4 Å². The van der Waals surface area contributed by atoms with Crippen molar-refractivity contribution >= 4 is 47.3 Å². The summed E-state index contributed by atoms with van der Waals surface area (Å²) in [6.45, 7) is 6.63. The Bertz CT molecular complexity index is 7330. The summed E-state index contributed by atoms with van der Waals surface area (Å²) >= 11 is 0. The Labute approximate surface area is 615 Å². The molecule has 13 heteroatoms. The van der Waals surface area contributed by atoms with E-state index >= 15 is 0 Å². The van der Waals surface area contributed by atoms with E-state index in [4.69, 9.17) is 4.74 Å². The average Bonchev–Trinajstić information content (AvgIpc) is 1.61. The van der Waals surface area contributed by atoms with Gasteiger partial charge in [-0.15, -0.1) is 0 Å². The van der Waals surface area contributed by atoms with Gasteiger partial charge < -0.3 is 4.74 Å². The van der Waals surface area contributed by atoms with Gasteiger partial charge in [-0.1, -0.05) is 11.5 Å². The van der Waals surface area contributed by atoms with Gasteiger partial charge >= 0.3 is 0 Å². The number of rotatable bonds is 6. The summed E-state index contributed by atoms with van der Waals surface area (Å²) in [6, 6.07) is 7.45. The maximum absolute atomic E-state index is 14.0. The van der Waals surface area contributed by atoms with Crippen molar-refractivity contribution in [2.45, 2.75) is 0 Å². The second-order valence-electron chi connectivity index (χ2n) is 17.3. The lowest BCUT2D eigenvalue weighted by Crippen LogP contribution is -2.41.